The van der Waals surface area contributed by atoms with E-state index in [1.54, 1.807) is 0 Å². The second-order valence-corrected chi connectivity index (χ2v) is 13.5. The molecular weight excluding hydrogens is 601 g/mol. The van der Waals surface area contributed by atoms with Crippen LogP contribution in [0.1, 0.15) is 36.5 Å². The SMILES string of the molecule is C/C=C(/c1ccc2c(-c3ccc4ccccc4c3)c3c(c(-c4ccc(-c5cccc6ccccc56)cc4)c2c1)=CCCC=3)c1ccccc1C. The zero-order valence-electron chi connectivity index (χ0n) is 28.6. The highest BCUT2D eigenvalue weighted by Gasteiger charge is 2.18. The van der Waals surface area contributed by atoms with Gasteiger partial charge in [0.15, 0.2) is 0 Å². The van der Waals surface area contributed by atoms with Crippen LogP contribution in [0.2, 0.25) is 0 Å². The van der Waals surface area contributed by atoms with Gasteiger partial charge in [0.05, 0.1) is 0 Å². The highest BCUT2D eigenvalue weighted by molar-refractivity contribution is 6.08. The van der Waals surface area contributed by atoms with Crippen LogP contribution < -0.4 is 10.4 Å². The Morgan fingerprint density at radius 3 is 1.90 bits per heavy atom. The predicted octanol–water partition coefficient (Wildman–Crippen LogP) is 12.3. The molecule has 8 aromatic carbocycles. The molecule has 0 radical (unpaired) electrons. The minimum absolute atomic E-state index is 1.04. The van der Waals surface area contributed by atoms with Crippen LogP contribution in [0.15, 0.2) is 158 Å². The fourth-order valence-corrected chi connectivity index (χ4v) is 8.19. The summed E-state index contributed by atoms with van der Waals surface area (Å²) >= 11 is 0. The molecule has 0 spiro atoms. The Morgan fingerprint density at radius 1 is 0.480 bits per heavy atom. The first-order chi connectivity index (χ1) is 24.7. The minimum Gasteiger partial charge on any atom is -0.0792 e. The molecular formula is C50H38. The van der Waals surface area contributed by atoms with E-state index < -0.39 is 0 Å². The molecule has 0 heterocycles. The topological polar surface area (TPSA) is 0 Å². The molecule has 0 heteroatoms. The highest BCUT2D eigenvalue weighted by Crippen LogP contribution is 2.38. The number of rotatable bonds is 5. The first-order valence-corrected chi connectivity index (χ1v) is 17.8. The van der Waals surface area contributed by atoms with Gasteiger partial charge in [-0.3, -0.25) is 0 Å². The standard InChI is InChI=1S/C50H38/c1-3-41(42-18-8-4-13-33(42)2)39-29-30-47-48(32-39)49(37-26-24-36(25-27-37)44-22-12-17-35-15-7-9-19-43(35)44)45-20-10-11-21-46(45)50(47)40-28-23-34-14-5-6-16-38(34)31-40/h3-9,12-32H,10-11H2,1-2H3/b41-3-. The van der Waals surface area contributed by atoms with Crippen LogP contribution in [-0.2, 0) is 0 Å². The summed E-state index contributed by atoms with van der Waals surface area (Å²) < 4.78 is 0. The predicted molar refractivity (Wildman–Crippen MR) is 217 cm³/mol. The maximum Gasteiger partial charge on any atom is -0.00295 e. The minimum atomic E-state index is 1.04. The molecule has 0 nitrogen and oxygen atoms in total. The molecule has 1 aliphatic rings. The molecule has 8 aromatic rings. The molecule has 0 N–H and O–H groups in total. The molecule has 1 aliphatic carbocycles. The molecule has 238 valence electrons. The maximum absolute atomic E-state index is 2.48. The number of fused-ring (bicyclic) bond motifs is 4. The van der Waals surface area contributed by atoms with Gasteiger partial charge in [-0.2, -0.15) is 0 Å². The van der Waals surface area contributed by atoms with Gasteiger partial charge in [-0.25, -0.2) is 0 Å². The van der Waals surface area contributed by atoms with E-state index in [1.807, 2.05) is 0 Å². The molecule has 0 unspecified atom stereocenters. The lowest BCUT2D eigenvalue weighted by Gasteiger charge is -2.20. The van der Waals surface area contributed by atoms with Crippen LogP contribution in [0.3, 0.4) is 0 Å². The number of allylic oxidation sites excluding steroid dienone is 1. The van der Waals surface area contributed by atoms with Crippen LogP contribution in [0.5, 0.6) is 0 Å². The second kappa shape index (κ2) is 12.5. The number of benzene rings is 8. The van der Waals surface area contributed by atoms with Crippen LogP contribution in [0.25, 0.3) is 83.4 Å². The summed E-state index contributed by atoms with van der Waals surface area (Å²) in [5.74, 6) is 0. The van der Waals surface area contributed by atoms with Crippen LogP contribution in [0.4, 0.5) is 0 Å². The number of hydrogen-bond acceptors (Lipinski definition) is 0. The van der Waals surface area contributed by atoms with Crippen LogP contribution in [-0.4, -0.2) is 0 Å². The smallest absolute Gasteiger partial charge is 0.00295 e. The van der Waals surface area contributed by atoms with Gasteiger partial charge in [-0.15, -0.1) is 0 Å². The summed E-state index contributed by atoms with van der Waals surface area (Å²) in [5, 5.41) is 10.4. The van der Waals surface area contributed by atoms with Crippen molar-refractivity contribution in [3.8, 4) is 33.4 Å². The van der Waals surface area contributed by atoms with E-state index in [0.29, 0.717) is 0 Å². The van der Waals surface area contributed by atoms with E-state index in [1.165, 1.54) is 98.4 Å². The van der Waals surface area contributed by atoms with Gasteiger partial charge in [0.25, 0.3) is 0 Å². The van der Waals surface area contributed by atoms with Gasteiger partial charge < -0.3 is 0 Å². The fourth-order valence-electron chi connectivity index (χ4n) is 8.19. The molecule has 0 aliphatic heterocycles. The zero-order chi connectivity index (χ0) is 33.6. The normalized spacial score (nSPS) is 12.9. The molecule has 0 atom stereocenters. The molecule has 0 aromatic heterocycles. The Labute approximate surface area is 294 Å². The number of aryl methyl sites for hydroxylation is 1. The third-order valence-corrected chi connectivity index (χ3v) is 10.6. The zero-order valence-corrected chi connectivity index (χ0v) is 28.6. The summed E-state index contributed by atoms with van der Waals surface area (Å²) in [7, 11) is 0. The third-order valence-electron chi connectivity index (χ3n) is 10.6. The monoisotopic (exact) mass is 638 g/mol. The lowest BCUT2D eigenvalue weighted by Crippen LogP contribution is -2.31. The van der Waals surface area contributed by atoms with Crippen molar-refractivity contribution in [3.05, 3.63) is 185 Å². The molecule has 9 rings (SSSR count). The first kappa shape index (κ1) is 30.1. The summed E-state index contributed by atoms with van der Waals surface area (Å²) in [6.07, 6.45) is 9.32. The fraction of sp³-hybridized carbons (Fsp3) is 0.0800. The van der Waals surface area contributed by atoms with E-state index in [-0.39, 0.29) is 0 Å². The third kappa shape index (κ3) is 5.08. The summed E-state index contributed by atoms with van der Waals surface area (Å²) in [4.78, 5) is 0. The molecule has 0 bridgehead atoms. The van der Waals surface area contributed by atoms with Crippen LogP contribution >= 0.6 is 0 Å². The molecule has 0 fully saturated rings. The Hall–Kier alpha value is -5.98. The van der Waals surface area contributed by atoms with Gasteiger partial charge in [0.1, 0.15) is 0 Å². The Kier molecular flexibility index (Phi) is 7.51. The van der Waals surface area contributed by atoms with Gasteiger partial charge in [0, 0.05) is 0 Å². The van der Waals surface area contributed by atoms with Gasteiger partial charge in [-0.05, 0) is 137 Å². The van der Waals surface area contributed by atoms with Crippen LogP contribution in [0, 0.1) is 6.92 Å². The molecule has 0 saturated carbocycles. The summed E-state index contributed by atoms with van der Waals surface area (Å²) in [6.45, 7) is 4.37. The van der Waals surface area contributed by atoms with E-state index in [4.69, 9.17) is 0 Å². The first-order valence-electron chi connectivity index (χ1n) is 17.8. The average molecular weight is 639 g/mol. The number of hydrogen-bond donors (Lipinski definition) is 0. The lowest BCUT2D eigenvalue weighted by molar-refractivity contribution is 1.12. The Bertz CT molecular complexity index is 2750. The maximum atomic E-state index is 2.48. The largest absolute Gasteiger partial charge is 0.0792 e. The average Bonchev–Trinajstić information content (AvgIpc) is 3.17. The molecule has 50 heavy (non-hydrogen) atoms. The highest BCUT2D eigenvalue weighted by atomic mass is 14.2. The van der Waals surface area contributed by atoms with Crippen molar-refractivity contribution in [1.82, 2.24) is 0 Å². The molecule has 0 saturated heterocycles. The van der Waals surface area contributed by atoms with Crippen molar-refractivity contribution in [2.75, 3.05) is 0 Å². The second-order valence-electron chi connectivity index (χ2n) is 13.5. The van der Waals surface area contributed by atoms with Crippen molar-refractivity contribution in [2.45, 2.75) is 26.7 Å². The quantitative estimate of drug-likeness (QED) is 0.176. The van der Waals surface area contributed by atoms with Gasteiger partial charge in [-0.1, -0.05) is 158 Å². The van der Waals surface area contributed by atoms with E-state index in [2.05, 4.69) is 184 Å². The van der Waals surface area contributed by atoms with E-state index in [0.717, 1.165) is 12.8 Å². The van der Waals surface area contributed by atoms with Crippen molar-refractivity contribution in [3.63, 3.8) is 0 Å². The summed E-state index contributed by atoms with van der Waals surface area (Å²) in [5.41, 5.74) is 12.8. The summed E-state index contributed by atoms with van der Waals surface area (Å²) in [6, 6.07) is 56.2. The van der Waals surface area contributed by atoms with Gasteiger partial charge in [0.2, 0.25) is 0 Å². The van der Waals surface area contributed by atoms with Gasteiger partial charge >= 0.3 is 0 Å². The van der Waals surface area contributed by atoms with Crippen molar-refractivity contribution >= 4 is 50.0 Å². The Morgan fingerprint density at radius 2 is 1.12 bits per heavy atom. The van der Waals surface area contributed by atoms with Crippen molar-refractivity contribution < 1.29 is 0 Å². The van der Waals surface area contributed by atoms with E-state index >= 15 is 0 Å². The Balaban J connectivity index is 1.32. The van der Waals surface area contributed by atoms with E-state index in [9.17, 15) is 0 Å². The van der Waals surface area contributed by atoms with Crippen molar-refractivity contribution in [1.29, 1.82) is 0 Å². The molecule has 0 amide bonds. The van der Waals surface area contributed by atoms with Crippen molar-refractivity contribution in [2.24, 2.45) is 0 Å². The lowest BCUT2D eigenvalue weighted by atomic mass is 9.83.